The molecule has 3 aliphatic rings. The van der Waals surface area contributed by atoms with E-state index in [4.69, 9.17) is 9.73 Å². The Hall–Kier alpha value is -2.94. The molecule has 0 aromatic heterocycles. The predicted octanol–water partition coefficient (Wildman–Crippen LogP) is 1.14. The van der Waals surface area contributed by atoms with Crippen LogP contribution in [0.5, 0.6) is 5.75 Å². The van der Waals surface area contributed by atoms with E-state index < -0.39 is 18.2 Å². The topological polar surface area (TPSA) is 88.7 Å². The predicted molar refractivity (Wildman–Crippen MR) is 120 cm³/mol. The van der Waals surface area contributed by atoms with Crippen LogP contribution in [0.1, 0.15) is 25.3 Å². The maximum absolute atomic E-state index is 13.1. The second-order valence-electron chi connectivity index (χ2n) is 8.96. The molecule has 1 N–H and O–H groups in total. The highest BCUT2D eigenvalue weighted by Crippen LogP contribution is 2.25. The van der Waals surface area contributed by atoms with Crippen molar-refractivity contribution < 1.29 is 24.0 Å². The highest BCUT2D eigenvalue weighted by Gasteiger charge is 2.55. The molecular weight excluding hydrogens is 410 g/mol. The molecule has 172 valence electrons. The summed E-state index contributed by atoms with van der Waals surface area (Å²) in [5, 5.41) is 10.8. The molecule has 32 heavy (non-hydrogen) atoms. The number of guanidine groups is 1. The number of rotatable bonds is 5. The lowest BCUT2D eigenvalue weighted by atomic mass is 10.0. The summed E-state index contributed by atoms with van der Waals surface area (Å²) in [4.78, 5) is 34.6. The van der Waals surface area contributed by atoms with E-state index in [1.165, 1.54) is 11.9 Å². The van der Waals surface area contributed by atoms with E-state index in [-0.39, 0.29) is 19.1 Å². The summed E-state index contributed by atoms with van der Waals surface area (Å²) in [5.74, 6) is 2.09. The summed E-state index contributed by atoms with van der Waals surface area (Å²) in [6.45, 7) is 6.10. The second-order valence-corrected chi connectivity index (χ2v) is 8.96. The molecule has 3 amide bonds. The molecule has 2 atom stereocenters. The summed E-state index contributed by atoms with van der Waals surface area (Å²) in [6, 6.07) is 6.51. The minimum atomic E-state index is -0.844. The van der Waals surface area contributed by atoms with E-state index in [0.717, 1.165) is 42.1 Å². The van der Waals surface area contributed by atoms with Crippen molar-refractivity contribution in [2.75, 3.05) is 40.3 Å². The third-order valence-electron chi connectivity index (χ3n) is 6.51. The smallest absolute Gasteiger partial charge is 0.392 e. The SMILES string of the molecule is Cc1ccccc1OCC(O)CN1C(=[N+]2CCC(C)CC2)N=C2C1C(=O)N(C)C(=O)N2C. The number of amides is 3. The minimum absolute atomic E-state index is 0.0898. The summed E-state index contributed by atoms with van der Waals surface area (Å²) >= 11 is 0. The van der Waals surface area contributed by atoms with Crippen LogP contribution in [-0.4, -0.2) is 101 Å². The van der Waals surface area contributed by atoms with Gasteiger partial charge < -0.3 is 9.84 Å². The number of β-amino-alcohol motifs (C(OH)–C–C–N with tert-alkyl or cyclic N) is 1. The molecule has 9 nitrogen and oxygen atoms in total. The van der Waals surface area contributed by atoms with Gasteiger partial charge in [0.05, 0.1) is 19.6 Å². The summed E-state index contributed by atoms with van der Waals surface area (Å²) in [7, 11) is 3.11. The molecule has 2 saturated heterocycles. The maximum Gasteiger partial charge on any atom is 0.392 e. The fourth-order valence-corrected chi connectivity index (χ4v) is 4.42. The largest absolute Gasteiger partial charge is 0.490 e. The Morgan fingerprint density at radius 1 is 1.19 bits per heavy atom. The van der Waals surface area contributed by atoms with E-state index in [1.54, 1.807) is 7.05 Å². The first-order valence-electron chi connectivity index (χ1n) is 11.2. The number of carbonyl (C=O) groups is 2. The van der Waals surface area contributed by atoms with Crippen LogP contribution in [-0.2, 0) is 4.79 Å². The zero-order valence-corrected chi connectivity index (χ0v) is 19.2. The molecule has 0 aliphatic carbocycles. The molecule has 0 radical (unpaired) electrons. The molecule has 1 aromatic rings. The standard InChI is InChI=1S/C23H32N5O4/c1-15-9-11-27(12-10-15)22-24-20-19(21(30)26(4)23(31)25(20)3)28(22)13-17(29)14-32-18-8-6-5-7-16(18)2/h5-8,15,17,19,29H,9-14H2,1-4H3/q+1. The number of piperidine rings is 1. The molecule has 0 saturated carbocycles. The number of benzene rings is 1. The number of hydrogen-bond acceptors (Lipinski definition) is 4. The lowest BCUT2D eigenvalue weighted by Gasteiger charge is -2.34. The average molecular weight is 443 g/mol. The number of hydrogen-bond donors (Lipinski definition) is 1. The van der Waals surface area contributed by atoms with Crippen LogP contribution in [0.3, 0.4) is 0 Å². The van der Waals surface area contributed by atoms with Gasteiger partial charge >= 0.3 is 12.0 Å². The van der Waals surface area contributed by atoms with Crippen LogP contribution >= 0.6 is 0 Å². The number of aryl methyl sites for hydroxylation is 1. The third kappa shape index (κ3) is 4.09. The van der Waals surface area contributed by atoms with Crippen LogP contribution in [0.2, 0.25) is 0 Å². The van der Waals surface area contributed by atoms with Gasteiger partial charge in [0.15, 0.2) is 0 Å². The van der Waals surface area contributed by atoms with Gasteiger partial charge in [-0.3, -0.25) is 19.2 Å². The van der Waals surface area contributed by atoms with Crippen molar-refractivity contribution in [1.29, 1.82) is 0 Å². The fourth-order valence-electron chi connectivity index (χ4n) is 4.42. The maximum atomic E-state index is 13.1. The number of imide groups is 1. The van der Waals surface area contributed by atoms with Crippen molar-refractivity contribution in [1.82, 2.24) is 14.7 Å². The number of fused-ring (bicyclic) bond motifs is 1. The van der Waals surface area contributed by atoms with Crippen LogP contribution in [0.4, 0.5) is 4.79 Å². The third-order valence-corrected chi connectivity index (χ3v) is 6.51. The number of aliphatic imine (C=N–C) groups is 1. The summed E-state index contributed by atoms with van der Waals surface area (Å²) < 4.78 is 7.99. The number of para-hydroxylation sites is 1. The lowest BCUT2D eigenvalue weighted by Crippen LogP contribution is -2.63. The lowest BCUT2D eigenvalue weighted by molar-refractivity contribution is -0.545. The number of carbonyl (C=O) groups excluding carboxylic acids is 2. The average Bonchev–Trinajstić information content (AvgIpc) is 3.15. The van der Waals surface area contributed by atoms with Crippen LogP contribution in [0.25, 0.3) is 0 Å². The molecule has 0 spiro atoms. The van der Waals surface area contributed by atoms with Crippen molar-refractivity contribution in [3.8, 4) is 5.75 Å². The first-order valence-corrected chi connectivity index (χ1v) is 11.2. The Balaban J connectivity index is 1.58. The second kappa shape index (κ2) is 8.90. The van der Waals surface area contributed by atoms with Gasteiger partial charge in [0.1, 0.15) is 18.5 Å². The zero-order chi connectivity index (χ0) is 23.0. The van der Waals surface area contributed by atoms with E-state index in [2.05, 4.69) is 11.5 Å². The number of amidine groups is 1. The molecule has 0 bridgehead atoms. The molecule has 1 aromatic carbocycles. The molecular formula is C23H32N5O4+. The van der Waals surface area contributed by atoms with Gasteiger partial charge in [-0.05, 0) is 37.3 Å². The Morgan fingerprint density at radius 3 is 2.56 bits per heavy atom. The quantitative estimate of drug-likeness (QED) is 0.691. The first kappa shape index (κ1) is 22.3. The summed E-state index contributed by atoms with van der Waals surface area (Å²) in [5.41, 5.74) is 0.991. The van der Waals surface area contributed by atoms with Gasteiger partial charge in [0.25, 0.3) is 5.91 Å². The van der Waals surface area contributed by atoms with Gasteiger partial charge in [-0.25, -0.2) is 9.69 Å². The molecule has 2 unspecified atom stereocenters. The highest BCUT2D eigenvalue weighted by atomic mass is 16.5. The normalized spacial score (nSPS) is 24.7. The van der Waals surface area contributed by atoms with Gasteiger partial charge in [-0.2, -0.15) is 0 Å². The number of urea groups is 1. The molecule has 9 heteroatoms. The molecule has 2 fully saturated rings. The fraction of sp³-hybridized carbons (Fsp3) is 0.565. The first-order chi connectivity index (χ1) is 15.3. The van der Waals surface area contributed by atoms with Crippen LogP contribution in [0, 0.1) is 12.8 Å². The Bertz CT molecular complexity index is 965. The van der Waals surface area contributed by atoms with Gasteiger partial charge in [0, 0.05) is 14.1 Å². The molecule has 4 rings (SSSR count). The van der Waals surface area contributed by atoms with Crippen molar-refractivity contribution in [3.63, 3.8) is 0 Å². The number of nitrogens with zero attached hydrogens (tertiary/aromatic N) is 5. The van der Waals surface area contributed by atoms with Gasteiger partial charge in [-0.1, -0.05) is 30.1 Å². The van der Waals surface area contributed by atoms with Crippen LogP contribution < -0.4 is 4.74 Å². The number of likely N-dealkylation sites (N-methyl/N-ethyl adjacent to an activating group) is 2. The van der Waals surface area contributed by atoms with E-state index >= 15 is 0 Å². The summed E-state index contributed by atoms with van der Waals surface area (Å²) in [6.07, 6.45) is 1.23. The molecule has 3 heterocycles. The number of aliphatic hydroxyl groups is 1. The monoisotopic (exact) mass is 442 g/mol. The van der Waals surface area contributed by atoms with Crippen molar-refractivity contribution in [3.05, 3.63) is 29.8 Å². The zero-order valence-electron chi connectivity index (χ0n) is 19.2. The van der Waals surface area contributed by atoms with Gasteiger partial charge in [-0.15, -0.1) is 0 Å². The van der Waals surface area contributed by atoms with E-state index in [9.17, 15) is 14.7 Å². The van der Waals surface area contributed by atoms with E-state index in [1.807, 2.05) is 36.1 Å². The number of ether oxygens (including phenoxy) is 1. The number of aliphatic hydroxyl groups excluding tert-OH is 1. The van der Waals surface area contributed by atoms with Crippen LogP contribution in [0.15, 0.2) is 29.3 Å². The van der Waals surface area contributed by atoms with Gasteiger partial charge in [0.2, 0.25) is 11.9 Å². The molecule has 3 aliphatic heterocycles. The van der Waals surface area contributed by atoms with Crippen molar-refractivity contribution >= 4 is 23.7 Å². The Kier molecular flexibility index (Phi) is 6.19. The minimum Gasteiger partial charge on any atom is -0.490 e. The highest BCUT2D eigenvalue weighted by molar-refractivity contribution is 6.25. The Morgan fingerprint density at radius 2 is 1.88 bits per heavy atom. The Labute approximate surface area is 188 Å². The van der Waals surface area contributed by atoms with Crippen molar-refractivity contribution in [2.45, 2.75) is 38.8 Å². The van der Waals surface area contributed by atoms with E-state index in [0.29, 0.717) is 17.7 Å². The van der Waals surface area contributed by atoms with Crippen molar-refractivity contribution in [2.24, 2.45) is 10.9 Å².